The van der Waals surface area contributed by atoms with E-state index >= 15 is 0 Å². The highest BCUT2D eigenvalue weighted by atomic mass is 32.2. The molecule has 2 amide bonds. The summed E-state index contributed by atoms with van der Waals surface area (Å²) in [6, 6.07) is 9.97. The van der Waals surface area contributed by atoms with Crippen LogP contribution in [-0.2, 0) is 9.59 Å². The molecule has 1 aliphatic carbocycles. The second-order valence-corrected chi connectivity index (χ2v) is 11.6. The minimum atomic E-state index is -0.467. The molecular weight excluding hydrogens is 452 g/mol. The summed E-state index contributed by atoms with van der Waals surface area (Å²) < 4.78 is 0. The van der Waals surface area contributed by atoms with Gasteiger partial charge in [0.2, 0.25) is 11.8 Å². The van der Waals surface area contributed by atoms with Crippen LogP contribution < -0.4 is 20.9 Å². The first-order chi connectivity index (χ1) is 16.2. The summed E-state index contributed by atoms with van der Waals surface area (Å²) in [5.74, 6) is 4.00. The Hall–Kier alpha value is -1.38. The SMILES string of the molecule is O=C(NC(CSCC1CCCCC1)C(=O)NC1CCN(c2ccccc2)CC1)C1CSCN1. The van der Waals surface area contributed by atoms with Crippen molar-refractivity contribution >= 4 is 41.0 Å². The summed E-state index contributed by atoms with van der Waals surface area (Å²) in [5.41, 5.74) is 1.24. The molecule has 33 heavy (non-hydrogen) atoms. The van der Waals surface area contributed by atoms with Crippen molar-refractivity contribution in [1.82, 2.24) is 16.0 Å². The van der Waals surface area contributed by atoms with Gasteiger partial charge in [0, 0.05) is 42.2 Å². The molecule has 0 radical (unpaired) electrons. The van der Waals surface area contributed by atoms with Gasteiger partial charge in [0.25, 0.3) is 0 Å². The van der Waals surface area contributed by atoms with Gasteiger partial charge in [-0.3, -0.25) is 14.9 Å². The standard InChI is InChI=1S/C25H38N4O2S2/c30-24(22-16-33-18-26-22)28-23(17-32-15-19-7-3-1-4-8-19)25(31)27-20-11-13-29(14-12-20)21-9-5-2-6-10-21/h2,5-6,9-10,19-20,22-23,26H,1,3-4,7-8,11-18H2,(H,27,31)(H,28,30). The van der Waals surface area contributed by atoms with Gasteiger partial charge >= 0.3 is 0 Å². The Labute approximate surface area is 206 Å². The number of nitrogens with one attached hydrogen (secondary N) is 3. The number of carbonyl (C=O) groups excluding carboxylic acids is 2. The largest absolute Gasteiger partial charge is 0.371 e. The number of hydrogen-bond donors (Lipinski definition) is 3. The Bertz CT molecular complexity index is 746. The fourth-order valence-corrected chi connectivity index (χ4v) is 7.16. The van der Waals surface area contributed by atoms with Crippen LogP contribution >= 0.6 is 23.5 Å². The molecule has 2 saturated heterocycles. The first-order valence-corrected chi connectivity index (χ1v) is 14.8. The van der Waals surface area contributed by atoms with Gasteiger partial charge in [0.1, 0.15) is 6.04 Å². The van der Waals surface area contributed by atoms with E-state index < -0.39 is 6.04 Å². The first kappa shape index (κ1) is 24.7. The average Bonchev–Trinajstić information content (AvgIpc) is 3.40. The predicted molar refractivity (Wildman–Crippen MR) is 140 cm³/mol. The maximum Gasteiger partial charge on any atom is 0.243 e. The smallest absolute Gasteiger partial charge is 0.243 e. The van der Waals surface area contributed by atoms with E-state index in [1.807, 2.05) is 17.8 Å². The van der Waals surface area contributed by atoms with Crippen molar-refractivity contribution in [3.05, 3.63) is 30.3 Å². The molecule has 2 aliphatic heterocycles. The summed E-state index contributed by atoms with van der Waals surface area (Å²) in [4.78, 5) is 28.3. The lowest BCUT2D eigenvalue weighted by atomic mass is 9.91. The average molecular weight is 491 g/mol. The molecule has 3 N–H and O–H groups in total. The molecule has 1 aromatic carbocycles. The summed E-state index contributed by atoms with van der Waals surface area (Å²) in [7, 11) is 0. The lowest BCUT2D eigenvalue weighted by Crippen LogP contribution is -2.56. The van der Waals surface area contributed by atoms with Crippen LogP contribution in [0, 0.1) is 5.92 Å². The number of piperidine rings is 1. The van der Waals surface area contributed by atoms with Gasteiger partial charge in [0.15, 0.2) is 0 Å². The zero-order valence-electron chi connectivity index (χ0n) is 19.5. The molecule has 8 heteroatoms. The monoisotopic (exact) mass is 490 g/mol. The van der Waals surface area contributed by atoms with Crippen LogP contribution in [0.25, 0.3) is 0 Å². The summed E-state index contributed by atoms with van der Waals surface area (Å²) in [6.07, 6.45) is 8.49. The second kappa shape index (κ2) is 12.9. The molecule has 0 bridgehead atoms. The molecule has 6 nitrogen and oxygen atoms in total. The zero-order chi connectivity index (χ0) is 22.9. The number of benzene rings is 1. The first-order valence-electron chi connectivity index (χ1n) is 12.5. The van der Waals surface area contributed by atoms with Gasteiger partial charge in [-0.05, 0) is 49.5 Å². The van der Waals surface area contributed by atoms with Crippen molar-refractivity contribution in [2.75, 3.05) is 41.1 Å². The van der Waals surface area contributed by atoms with Crippen LogP contribution in [0.4, 0.5) is 5.69 Å². The zero-order valence-corrected chi connectivity index (χ0v) is 21.1. The topological polar surface area (TPSA) is 73.5 Å². The highest BCUT2D eigenvalue weighted by Gasteiger charge is 2.30. The summed E-state index contributed by atoms with van der Waals surface area (Å²) in [5, 5.41) is 9.54. The third kappa shape index (κ3) is 7.55. The van der Waals surface area contributed by atoms with Crippen molar-refractivity contribution in [3.63, 3.8) is 0 Å². The van der Waals surface area contributed by atoms with Crippen LogP contribution in [0.15, 0.2) is 30.3 Å². The molecular formula is C25H38N4O2S2. The molecule has 3 fully saturated rings. The predicted octanol–water partition coefficient (Wildman–Crippen LogP) is 3.23. The maximum atomic E-state index is 13.2. The number of para-hydroxylation sites is 1. The van der Waals surface area contributed by atoms with Crippen molar-refractivity contribution in [3.8, 4) is 0 Å². The molecule has 4 rings (SSSR count). The fraction of sp³-hybridized carbons (Fsp3) is 0.680. The van der Waals surface area contributed by atoms with Crippen LogP contribution in [-0.4, -0.2) is 66.2 Å². The lowest BCUT2D eigenvalue weighted by molar-refractivity contribution is -0.129. The van der Waals surface area contributed by atoms with Gasteiger partial charge in [-0.15, -0.1) is 11.8 Å². The Morgan fingerprint density at radius 3 is 2.55 bits per heavy atom. The summed E-state index contributed by atoms with van der Waals surface area (Å²) in [6.45, 7) is 1.87. The normalized spacial score (nSPS) is 23.3. The number of rotatable bonds is 9. The number of nitrogens with zero attached hydrogens (tertiary/aromatic N) is 1. The molecule has 1 saturated carbocycles. The van der Waals surface area contributed by atoms with Gasteiger partial charge in [0.05, 0.1) is 6.04 Å². The Morgan fingerprint density at radius 2 is 1.85 bits per heavy atom. The van der Waals surface area contributed by atoms with Crippen LogP contribution in [0.1, 0.15) is 44.9 Å². The van der Waals surface area contributed by atoms with E-state index in [1.165, 1.54) is 37.8 Å². The number of hydrogen-bond acceptors (Lipinski definition) is 6. The van der Waals surface area contributed by atoms with E-state index in [0.29, 0.717) is 5.75 Å². The molecule has 2 unspecified atom stereocenters. The van der Waals surface area contributed by atoms with Gasteiger partial charge < -0.3 is 15.5 Å². The number of amides is 2. The van der Waals surface area contributed by atoms with E-state index in [9.17, 15) is 9.59 Å². The Kier molecular flexibility index (Phi) is 9.68. The van der Waals surface area contributed by atoms with E-state index in [4.69, 9.17) is 0 Å². The maximum absolute atomic E-state index is 13.2. The van der Waals surface area contributed by atoms with E-state index in [2.05, 4.69) is 45.1 Å². The Balaban J connectivity index is 1.27. The van der Waals surface area contributed by atoms with Crippen LogP contribution in [0.2, 0.25) is 0 Å². The molecule has 1 aromatic rings. The van der Waals surface area contributed by atoms with Gasteiger partial charge in [-0.25, -0.2) is 0 Å². The third-order valence-corrected chi connectivity index (χ3v) is 9.21. The molecule has 0 spiro atoms. The van der Waals surface area contributed by atoms with Gasteiger partial charge in [-0.1, -0.05) is 37.5 Å². The molecule has 2 heterocycles. The molecule has 182 valence electrons. The third-order valence-electron chi connectivity index (χ3n) is 6.99. The minimum Gasteiger partial charge on any atom is -0.371 e. The fourth-order valence-electron chi connectivity index (χ4n) is 4.95. The van der Waals surface area contributed by atoms with Crippen molar-refractivity contribution in [1.29, 1.82) is 0 Å². The molecule has 0 aromatic heterocycles. The quantitative estimate of drug-likeness (QED) is 0.494. The van der Waals surface area contributed by atoms with Gasteiger partial charge in [-0.2, -0.15) is 11.8 Å². The second-order valence-electron chi connectivity index (χ2n) is 9.48. The van der Waals surface area contributed by atoms with Crippen molar-refractivity contribution < 1.29 is 9.59 Å². The van der Waals surface area contributed by atoms with E-state index in [1.54, 1.807) is 11.8 Å². The summed E-state index contributed by atoms with van der Waals surface area (Å²) >= 11 is 3.56. The van der Waals surface area contributed by atoms with Crippen LogP contribution in [0.5, 0.6) is 0 Å². The number of anilines is 1. The highest BCUT2D eigenvalue weighted by molar-refractivity contribution is 7.99. The van der Waals surface area contributed by atoms with E-state index in [-0.39, 0.29) is 23.9 Å². The molecule has 3 aliphatic rings. The Morgan fingerprint density at radius 1 is 1.09 bits per heavy atom. The number of carbonyl (C=O) groups is 2. The van der Waals surface area contributed by atoms with Crippen molar-refractivity contribution in [2.45, 2.75) is 63.1 Å². The van der Waals surface area contributed by atoms with E-state index in [0.717, 1.165) is 49.2 Å². The molecule has 2 atom stereocenters. The van der Waals surface area contributed by atoms with Crippen LogP contribution in [0.3, 0.4) is 0 Å². The highest BCUT2D eigenvalue weighted by Crippen LogP contribution is 2.27. The van der Waals surface area contributed by atoms with Crippen molar-refractivity contribution in [2.24, 2.45) is 5.92 Å². The minimum absolute atomic E-state index is 0.0247. The lowest BCUT2D eigenvalue weighted by Gasteiger charge is -2.34. The number of thioether (sulfide) groups is 2.